The van der Waals surface area contributed by atoms with Crippen molar-refractivity contribution in [2.24, 2.45) is 0 Å². The van der Waals surface area contributed by atoms with E-state index in [1.165, 1.54) is 6.07 Å². The molecule has 0 aromatic heterocycles. The highest BCUT2D eigenvalue weighted by Gasteiger charge is 2.27. The summed E-state index contributed by atoms with van der Waals surface area (Å²) in [6, 6.07) is 4.96. The monoisotopic (exact) mass is 276 g/mol. The number of hydrogen-bond acceptors (Lipinski definition) is 4. The summed E-state index contributed by atoms with van der Waals surface area (Å²) in [4.78, 5) is 11.2. The molecule has 0 saturated carbocycles. The van der Waals surface area contributed by atoms with Gasteiger partial charge in [0, 0.05) is 10.8 Å². The van der Waals surface area contributed by atoms with E-state index in [-0.39, 0.29) is 16.2 Å². The van der Waals surface area contributed by atoms with Crippen molar-refractivity contribution in [3.8, 4) is 17.2 Å². The van der Waals surface area contributed by atoms with Gasteiger partial charge in [0.2, 0.25) is 0 Å². The number of carboxylic acids is 1. The van der Waals surface area contributed by atoms with Crippen LogP contribution in [-0.4, -0.2) is 26.4 Å². The van der Waals surface area contributed by atoms with E-state index in [0.717, 1.165) is 0 Å². The Balaban J connectivity index is 3.07. The normalized spacial score (nSPS) is 11.8. The van der Waals surface area contributed by atoms with Crippen LogP contribution in [0.2, 0.25) is 0 Å². The third-order valence-electron chi connectivity index (χ3n) is 3.28. The fourth-order valence-electron chi connectivity index (χ4n) is 2.32. The quantitative estimate of drug-likeness (QED) is 0.474. The second-order valence-electron chi connectivity index (χ2n) is 5.70. The second kappa shape index (κ2) is 4.30. The first-order valence-electron chi connectivity index (χ1n) is 6.09. The van der Waals surface area contributed by atoms with Crippen molar-refractivity contribution >= 4 is 16.7 Å². The number of carbonyl (C=O) groups is 1. The third-order valence-corrected chi connectivity index (χ3v) is 3.28. The van der Waals surface area contributed by atoms with Gasteiger partial charge in [0.15, 0.2) is 11.5 Å². The smallest absolute Gasteiger partial charge is 0.343 e. The molecule has 0 heterocycles. The Morgan fingerprint density at radius 3 is 2.10 bits per heavy atom. The van der Waals surface area contributed by atoms with Gasteiger partial charge < -0.3 is 20.4 Å². The zero-order valence-corrected chi connectivity index (χ0v) is 11.4. The van der Waals surface area contributed by atoms with Gasteiger partial charge in [-0.1, -0.05) is 39.0 Å². The summed E-state index contributed by atoms with van der Waals surface area (Å²) in [5.41, 5.74) is -0.368. The highest BCUT2D eigenvalue weighted by atomic mass is 16.4. The SMILES string of the molecule is CC(C)(C)c1cccc2c(O)c(O)c(C(=O)O)c(O)c12. The number of aromatic carboxylic acids is 1. The molecule has 0 aliphatic carbocycles. The maximum atomic E-state index is 11.2. The minimum Gasteiger partial charge on any atom is -0.506 e. The summed E-state index contributed by atoms with van der Waals surface area (Å²) in [7, 11) is 0. The van der Waals surface area contributed by atoms with Crippen molar-refractivity contribution in [2.75, 3.05) is 0 Å². The molecule has 0 spiro atoms. The van der Waals surface area contributed by atoms with Crippen LogP contribution < -0.4 is 0 Å². The van der Waals surface area contributed by atoms with Crippen LogP contribution in [0.3, 0.4) is 0 Å². The molecule has 0 aliphatic heterocycles. The number of carboxylic acid groups (broad SMARTS) is 1. The first-order chi connectivity index (χ1) is 9.16. The topological polar surface area (TPSA) is 98.0 Å². The van der Waals surface area contributed by atoms with Crippen molar-refractivity contribution in [3.05, 3.63) is 29.3 Å². The molecule has 2 aromatic rings. The van der Waals surface area contributed by atoms with Gasteiger partial charge in [0.25, 0.3) is 0 Å². The molecule has 0 aliphatic rings. The van der Waals surface area contributed by atoms with Crippen molar-refractivity contribution in [3.63, 3.8) is 0 Å². The van der Waals surface area contributed by atoms with Crippen LogP contribution in [0.5, 0.6) is 17.2 Å². The van der Waals surface area contributed by atoms with E-state index in [1.807, 2.05) is 20.8 Å². The van der Waals surface area contributed by atoms with E-state index in [9.17, 15) is 20.1 Å². The largest absolute Gasteiger partial charge is 0.506 e. The lowest BCUT2D eigenvalue weighted by molar-refractivity contribution is 0.0690. The predicted molar refractivity (Wildman–Crippen MR) is 74.6 cm³/mol. The Bertz CT molecular complexity index is 711. The molecule has 2 aromatic carbocycles. The number of phenols is 3. The number of benzene rings is 2. The van der Waals surface area contributed by atoms with Crippen LogP contribution in [0, 0.1) is 0 Å². The van der Waals surface area contributed by atoms with E-state index >= 15 is 0 Å². The van der Waals surface area contributed by atoms with Gasteiger partial charge in [-0.15, -0.1) is 0 Å². The van der Waals surface area contributed by atoms with Crippen LogP contribution in [0.4, 0.5) is 0 Å². The molecule has 0 bridgehead atoms. The second-order valence-corrected chi connectivity index (χ2v) is 5.70. The lowest BCUT2D eigenvalue weighted by Gasteiger charge is -2.23. The van der Waals surface area contributed by atoms with Crippen LogP contribution >= 0.6 is 0 Å². The fraction of sp³-hybridized carbons (Fsp3) is 0.267. The summed E-state index contributed by atoms with van der Waals surface area (Å²) in [5, 5.41) is 39.5. The number of aromatic hydroxyl groups is 3. The fourth-order valence-corrected chi connectivity index (χ4v) is 2.32. The standard InChI is InChI=1S/C15H16O5/c1-15(2,3)8-6-4-5-7-9(8)12(17)10(14(19)20)13(18)11(7)16/h4-6,16-18H,1-3H3,(H,19,20). The van der Waals surface area contributed by atoms with Crippen LogP contribution in [-0.2, 0) is 5.41 Å². The van der Waals surface area contributed by atoms with Gasteiger partial charge in [-0.05, 0) is 11.0 Å². The Hall–Kier alpha value is -2.43. The van der Waals surface area contributed by atoms with Gasteiger partial charge in [0.1, 0.15) is 11.3 Å². The summed E-state index contributed by atoms with van der Waals surface area (Å²) in [6.45, 7) is 5.72. The average Bonchev–Trinajstić information content (AvgIpc) is 2.34. The van der Waals surface area contributed by atoms with Gasteiger partial charge >= 0.3 is 5.97 Å². The summed E-state index contributed by atoms with van der Waals surface area (Å²) in [5.74, 6) is -3.40. The Kier molecular flexibility index (Phi) is 3.01. The molecule has 5 heteroatoms. The summed E-state index contributed by atoms with van der Waals surface area (Å²) < 4.78 is 0. The molecular formula is C15H16O5. The first-order valence-corrected chi connectivity index (χ1v) is 6.09. The molecular weight excluding hydrogens is 260 g/mol. The minimum atomic E-state index is -1.50. The molecule has 5 nitrogen and oxygen atoms in total. The highest BCUT2D eigenvalue weighted by molar-refractivity contribution is 6.07. The number of phenolic OH excluding ortho intramolecular Hbond substituents is 1. The van der Waals surface area contributed by atoms with E-state index in [0.29, 0.717) is 5.56 Å². The Labute approximate surface area is 115 Å². The molecule has 0 unspecified atom stereocenters. The van der Waals surface area contributed by atoms with Crippen LogP contribution in [0.1, 0.15) is 36.7 Å². The number of hydrogen-bond donors (Lipinski definition) is 4. The third kappa shape index (κ3) is 1.91. The molecule has 0 amide bonds. The van der Waals surface area contributed by atoms with Gasteiger partial charge in [-0.3, -0.25) is 0 Å². The van der Waals surface area contributed by atoms with Gasteiger partial charge in [0.05, 0.1) is 0 Å². The van der Waals surface area contributed by atoms with Crippen molar-refractivity contribution in [2.45, 2.75) is 26.2 Å². The Morgan fingerprint density at radius 1 is 1.00 bits per heavy atom. The molecule has 0 radical (unpaired) electrons. The molecule has 2 rings (SSSR count). The molecule has 0 saturated heterocycles. The summed E-state index contributed by atoms with van der Waals surface area (Å²) >= 11 is 0. The number of rotatable bonds is 1. The molecule has 20 heavy (non-hydrogen) atoms. The molecule has 0 fully saturated rings. The van der Waals surface area contributed by atoms with E-state index < -0.39 is 28.8 Å². The number of fused-ring (bicyclic) bond motifs is 1. The van der Waals surface area contributed by atoms with Crippen molar-refractivity contribution in [1.82, 2.24) is 0 Å². The molecule has 106 valence electrons. The minimum absolute atomic E-state index is 0.220. The predicted octanol–water partition coefficient (Wildman–Crippen LogP) is 2.95. The Morgan fingerprint density at radius 2 is 1.60 bits per heavy atom. The first kappa shape index (κ1) is 14.0. The maximum absolute atomic E-state index is 11.2. The van der Waals surface area contributed by atoms with E-state index in [4.69, 9.17) is 5.11 Å². The lowest BCUT2D eigenvalue weighted by atomic mass is 9.82. The zero-order chi connectivity index (χ0) is 15.2. The lowest BCUT2D eigenvalue weighted by Crippen LogP contribution is -2.12. The average molecular weight is 276 g/mol. The van der Waals surface area contributed by atoms with Crippen molar-refractivity contribution in [1.29, 1.82) is 0 Å². The molecule has 4 N–H and O–H groups in total. The van der Waals surface area contributed by atoms with Gasteiger partial charge in [-0.25, -0.2) is 4.79 Å². The zero-order valence-electron chi connectivity index (χ0n) is 11.4. The van der Waals surface area contributed by atoms with E-state index in [1.54, 1.807) is 12.1 Å². The summed E-state index contributed by atoms with van der Waals surface area (Å²) in [6.07, 6.45) is 0. The van der Waals surface area contributed by atoms with Crippen LogP contribution in [0.15, 0.2) is 18.2 Å². The highest BCUT2D eigenvalue weighted by Crippen LogP contribution is 2.47. The van der Waals surface area contributed by atoms with Crippen molar-refractivity contribution < 1.29 is 25.2 Å². The maximum Gasteiger partial charge on any atom is 0.343 e. The molecule has 0 atom stereocenters. The van der Waals surface area contributed by atoms with Gasteiger partial charge in [-0.2, -0.15) is 0 Å². The van der Waals surface area contributed by atoms with Crippen LogP contribution in [0.25, 0.3) is 10.8 Å². The van der Waals surface area contributed by atoms with E-state index in [2.05, 4.69) is 0 Å².